The topological polar surface area (TPSA) is 109 Å². The number of benzene rings is 2. The van der Waals surface area contributed by atoms with Crippen LogP contribution in [0.25, 0.3) is 10.9 Å². The van der Waals surface area contributed by atoms with Crippen molar-refractivity contribution in [3.05, 3.63) is 54.2 Å². The molecule has 0 spiro atoms. The lowest BCUT2D eigenvalue weighted by molar-refractivity contribution is 0.279. The Labute approximate surface area is 164 Å². The number of aliphatic imine (C=N–C) groups is 1. The number of nitrogens with two attached hydrogens (primary N) is 2. The quantitative estimate of drug-likeness (QED) is 0.335. The number of para-hydroxylation sites is 1. The molecule has 0 bridgehead atoms. The maximum Gasteiger partial charge on any atom is 0.253 e. The SMILES string of the molecule is Cc1nc(N=C(N)N)nc2ccc(OCCCCCOc3ccccc3)cc12. The van der Waals surface area contributed by atoms with Gasteiger partial charge in [-0.3, -0.25) is 0 Å². The van der Waals surface area contributed by atoms with Crippen LogP contribution >= 0.6 is 0 Å². The first-order valence-corrected chi connectivity index (χ1v) is 9.30. The van der Waals surface area contributed by atoms with Gasteiger partial charge in [-0.05, 0) is 56.5 Å². The van der Waals surface area contributed by atoms with Gasteiger partial charge in [0.05, 0.1) is 24.4 Å². The predicted octanol–water partition coefficient (Wildman–Crippen LogP) is 3.47. The first-order chi connectivity index (χ1) is 13.6. The highest BCUT2D eigenvalue weighted by Gasteiger charge is 2.06. The van der Waals surface area contributed by atoms with Crippen LogP contribution in [0.3, 0.4) is 0 Å². The predicted molar refractivity (Wildman–Crippen MR) is 111 cm³/mol. The Bertz CT molecular complexity index is 940. The van der Waals surface area contributed by atoms with Crippen LogP contribution in [0.15, 0.2) is 53.5 Å². The van der Waals surface area contributed by atoms with Gasteiger partial charge >= 0.3 is 0 Å². The van der Waals surface area contributed by atoms with Gasteiger partial charge in [0.1, 0.15) is 11.5 Å². The van der Waals surface area contributed by atoms with E-state index in [1.54, 1.807) is 0 Å². The fourth-order valence-corrected chi connectivity index (χ4v) is 2.78. The molecule has 146 valence electrons. The van der Waals surface area contributed by atoms with Crippen molar-refractivity contribution in [3.63, 3.8) is 0 Å². The van der Waals surface area contributed by atoms with Gasteiger partial charge in [-0.25, -0.2) is 9.97 Å². The second-order valence-electron chi connectivity index (χ2n) is 6.40. The van der Waals surface area contributed by atoms with Gasteiger partial charge in [-0.2, -0.15) is 4.99 Å². The smallest absolute Gasteiger partial charge is 0.253 e. The third-order valence-corrected chi connectivity index (χ3v) is 4.14. The van der Waals surface area contributed by atoms with Crippen LogP contribution in [-0.2, 0) is 0 Å². The minimum absolute atomic E-state index is 0.0622. The lowest BCUT2D eigenvalue weighted by atomic mass is 10.2. The number of hydrogen-bond donors (Lipinski definition) is 2. The number of guanidine groups is 1. The van der Waals surface area contributed by atoms with Gasteiger partial charge in [0, 0.05) is 5.39 Å². The molecule has 1 heterocycles. The minimum atomic E-state index is -0.0622. The number of hydrogen-bond acceptors (Lipinski definition) is 5. The molecule has 2 aromatic carbocycles. The summed E-state index contributed by atoms with van der Waals surface area (Å²) in [5.74, 6) is 1.91. The van der Waals surface area contributed by atoms with Crippen LogP contribution in [0.4, 0.5) is 5.95 Å². The third kappa shape index (κ3) is 5.57. The Kier molecular flexibility index (Phi) is 6.62. The summed E-state index contributed by atoms with van der Waals surface area (Å²) in [5.41, 5.74) is 12.4. The van der Waals surface area contributed by atoms with E-state index in [1.165, 1.54) is 0 Å². The van der Waals surface area contributed by atoms with E-state index in [0.29, 0.717) is 13.2 Å². The summed E-state index contributed by atoms with van der Waals surface area (Å²) in [5, 5.41) is 0.920. The number of aryl methyl sites for hydroxylation is 1. The van der Waals surface area contributed by atoms with Gasteiger partial charge in [-0.1, -0.05) is 18.2 Å². The lowest BCUT2D eigenvalue weighted by Crippen LogP contribution is -2.22. The number of unbranched alkanes of at least 4 members (excludes halogenated alkanes) is 2. The standard InChI is InChI=1S/C21H25N5O2/c1-15-18-14-17(10-11-19(18)25-21(24-15)26-20(22)23)28-13-7-3-6-12-27-16-8-4-2-5-9-16/h2,4-5,8-11,14H,3,6-7,12-13H2,1H3,(H4,22,23,24,25,26). The molecule has 3 aromatic rings. The van der Waals surface area contributed by atoms with Crippen molar-refractivity contribution in [3.8, 4) is 11.5 Å². The molecular formula is C21H25N5O2. The number of rotatable bonds is 9. The average molecular weight is 379 g/mol. The molecule has 0 aliphatic heterocycles. The molecule has 0 amide bonds. The van der Waals surface area contributed by atoms with Crippen LogP contribution in [0.5, 0.6) is 11.5 Å². The van der Waals surface area contributed by atoms with E-state index in [0.717, 1.165) is 47.4 Å². The summed E-state index contributed by atoms with van der Waals surface area (Å²) in [7, 11) is 0. The molecule has 7 nitrogen and oxygen atoms in total. The molecule has 28 heavy (non-hydrogen) atoms. The van der Waals surface area contributed by atoms with Gasteiger partial charge < -0.3 is 20.9 Å². The lowest BCUT2D eigenvalue weighted by Gasteiger charge is -2.09. The average Bonchev–Trinajstić information content (AvgIpc) is 2.68. The second-order valence-corrected chi connectivity index (χ2v) is 6.40. The molecule has 0 fully saturated rings. The normalized spacial score (nSPS) is 10.6. The highest BCUT2D eigenvalue weighted by molar-refractivity contribution is 5.84. The summed E-state index contributed by atoms with van der Waals surface area (Å²) in [6, 6.07) is 15.6. The van der Waals surface area contributed by atoms with E-state index in [-0.39, 0.29) is 11.9 Å². The first kappa shape index (κ1) is 19.4. The summed E-state index contributed by atoms with van der Waals surface area (Å²) < 4.78 is 11.6. The van der Waals surface area contributed by atoms with Crippen LogP contribution < -0.4 is 20.9 Å². The second kappa shape index (κ2) is 9.55. The minimum Gasteiger partial charge on any atom is -0.494 e. The molecule has 7 heteroatoms. The van der Waals surface area contributed by atoms with E-state index in [9.17, 15) is 0 Å². The number of ether oxygens (including phenoxy) is 2. The maximum absolute atomic E-state index is 5.86. The van der Waals surface area contributed by atoms with Crippen molar-refractivity contribution in [2.24, 2.45) is 16.5 Å². The van der Waals surface area contributed by atoms with Crippen LogP contribution in [0.1, 0.15) is 25.0 Å². The Morgan fingerprint density at radius 3 is 2.32 bits per heavy atom. The Morgan fingerprint density at radius 2 is 1.61 bits per heavy atom. The highest BCUT2D eigenvalue weighted by atomic mass is 16.5. The van der Waals surface area contributed by atoms with E-state index in [2.05, 4.69) is 15.0 Å². The van der Waals surface area contributed by atoms with Crippen LogP contribution in [0.2, 0.25) is 0 Å². The van der Waals surface area contributed by atoms with Gasteiger partial charge in [0.2, 0.25) is 0 Å². The highest BCUT2D eigenvalue weighted by Crippen LogP contribution is 2.23. The zero-order valence-corrected chi connectivity index (χ0v) is 16.0. The van der Waals surface area contributed by atoms with Gasteiger partial charge in [0.25, 0.3) is 5.95 Å². The first-order valence-electron chi connectivity index (χ1n) is 9.30. The Balaban J connectivity index is 1.45. The van der Waals surface area contributed by atoms with Crippen LogP contribution in [-0.4, -0.2) is 29.1 Å². The molecule has 0 radical (unpaired) electrons. The third-order valence-electron chi connectivity index (χ3n) is 4.14. The Hall–Kier alpha value is -3.35. The zero-order valence-electron chi connectivity index (χ0n) is 16.0. The van der Waals surface area contributed by atoms with Crippen LogP contribution in [0, 0.1) is 6.92 Å². The molecule has 0 atom stereocenters. The molecular weight excluding hydrogens is 354 g/mol. The molecule has 1 aromatic heterocycles. The van der Waals surface area contributed by atoms with Crippen molar-refractivity contribution in [2.45, 2.75) is 26.2 Å². The maximum atomic E-state index is 5.86. The van der Waals surface area contributed by atoms with E-state index in [1.807, 2.05) is 55.5 Å². The zero-order chi connectivity index (χ0) is 19.8. The van der Waals surface area contributed by atoms with Crippen molar-refractivity contribution < 1.29 is 9.47 Å². The molecule has 0 saturated carbocycles. The van der Waals surface area contributed by atoms with Crippen molar-refractivity contribution in [2.75, 3.05) is 13.2 Å². The van der Waals surface area contributed by atoms with E-state index in [4.69, 9.17) is 20.9 Å². The van der Waals surface area contributed by atoms with E-state index < -0.39 is 0 Å². The fourth-order valence-electron chi connectivity index (χ4n) is 2.78. The molecule has 0 aliphatic rings. The van der Waals surface area contributed by atoms with Crippen molar-refractivity contribution >= 4 is 22.8 Å². The summed E-state index contributed by atoms with van der Waals surface area (Å²) in [6.45, 7) is 3.27. The Morgan fingerprint density at radius 1 is 0.893 bits per heavy atom. The summed E-state index contributed by atoms with van der Waals surface area (Å²) in [4.78, 5) is 12.6. The summed E-state index contributed by atoms with van der Waals surface area (Å²) in [6.07, 6.45) is 3.01. The monoisotopic (exact) mass is 379 g/mol. The summed E-state index contributed by atoms with van der Waals surface area (Å²) >= 11 is 0. The number of fused-ring (bicyclic) bond motifs is 1. The van der Waals surface area contributed by atoms with Gasteiger partial charge in [-0.15, -0.1) is 0 Å². The van der Waals surface area contributed by atoms with Crippen molar-refractivity contribution in [1.29, 1.82) is 0 Å². The molecule has 3 rings (SSSR count). The number of nitrogens with zero attached hydrogens (tertiary/aromatic N) is 3. The fraction of sp³-hybridized carbons (Fsp3) is 0.286. The van der Waals surface area contributed by atoms with E-state index >= 15 is 0 Å². The molecule has 0 saturated heterocycles. The molecule has 0 aliphatic carbocycles. The van der Waals surface area contributed by atoms with Gasteiger partial charge in [0.15, 0.2) is 5.96 Å². The number of aromatic nitrogens is 2. The molecule has 0 unspecified atom stereocenters. The van der Waals surface area contributed by atoms with Crippen molar-refractivity contribution in [1.82, 2.24) is 9.97 Å². The largest absolute Gasteiger partial charge is 0.494 e. The molecule has 4 N–H and O–H groups in total.